The van der Waals surface area contributed by atoms with Gasteiger partial charge in [0, 0.05) is 36.9 Å². The number of fused-ring (bicyclic) bond motifs is 3. The molecule has 0 saturated carbocycles. The first-order valence-electron chi connectivity index (χ1n) is 10.3. The van der Waals surface area contributed by atoms with Crippen LogP contribution in [0, 0.1) is 5.41 Å². The van der Waals surface area contributed by atoms with Gasteiger partial charge < -0.3 is 10.3 Å². The monoisotopic (exact) mass is 393 g/mol. The Hall–Kier alpha value is -2.11. The Morgan fingerprint density at radius 3 is 3.04 bits per heavy atom. The van der Waals surface area contributed by atoms with E-state index in [1.54, 1.807) is 11.3 Å². The highest BCUT2D eigenvalue weighted by Crippen LogP contribution is 2.52. The number of hydrogen-bond donors (Lipinski definition) is 2. The second kappa shape index (κ2) is 7.05. The van der Waals surface area contributed by atoms with E-state index in [-0.39, 0.29) is 11.3 Å². The van der Waals surface area contributed by atoms with Crippen molar-refractivity contribution < 1.29 is 4.79 Å². The second-order valence-electron chi connectivity index (χ2n) is 8.35. The Labute approximate surface area is 169 Å². The molecule has 0 aliphatic carbocycles. The van der Waals surface area contributed by atoms with Crippen LogP contribution in [0.25, 0.3) is 10.9 Å². The third kappa shape index (κ3) is 2.88. The Balaban J connectivity index is 1.34. The molecule has 5 heteroatoms. The average molecular weight is 394 g/mol. The molecule has 2 saturated heterocycles. The highest BCUT2D eigenvalue weighted by atomic mass is 32.1. The summed E-state index contributed by atoms with van der Waals surface area (Å²) in [7, 11) is 0. The summed E-state index contributed by atoms with van der Waals surface area (Å²) in [4.78, 5) is 19.2. The fourth-order valence-electron chi connectivity index (χ4n) is 5.49. The molecule has 2 bridgehead atoms. The van der Waals surface area contributed by atoms with E-state index in [0.717, 1.165) is 25.8 Å². The Bertz CT molecular complexity index is 979. The van der Waals surface area contributed by atoms with Crippen molar-refractivity contribution in [3.8, 4) is 0 Å². The van der Waals surface area contributed by atoms with E-state index in [9.17, 15) is 4.79 Å². The lowest BCUT2D eigenvalue weighted by Crippen LogP contribution is -2.48. The number of thiophene rings is 1. The number of nitrogens with zero attached hydrogens (tertiary/aromatic N) is 1. The van der Waals surface area contributed by atoms with Gasteiger partial charge in [0.15, 0.2) is 0 Å². The molecule has 2 fully saturated rings. The first-order chi connectivity index (χ1) is 13.7. The standard InChI is InChI=1S/C23H27N3OS/c1-2-23(22(27)25-13-17-8-10-28-15-17)12-19-4-6-21(23)26(19)14-16-3-5-20-18(11-16)7-9-24-20/h3,5,7-11,15,19,21,24H,2,4,6,12-14H2,1H3,(H,25,27)/t19-,21+,23+/m0/s1. The van der Waals surface area contributed by atoms with Crippen LogP contribution in [0.4, 0.5) is 0 Å². The van der Waals surface area contributed by atoms with Crippen LogP contribution in [0.2, 0.25) is 0 Å². The van der Waals surface area contributed by atoms with Gasteiger partial charge in [0.25, 0.3) is 0 Å². The highest BCUT2D eigenvalue weighted by molar-refractivity contribution is 7.07. The molecule has 2 aliphatic heterocycles. The van der Waals surface area contributed by atoms with Crippen LogP contribution in [0.15, 0.2) is 47.3 Å². The molecular weight excluding hydrogens is 366 g/mol. The van der Waals surface area contributed by atoms with Gasteiger partial charge in [-0.15, -0.1) is 0 Å². The first-order valence-corrected chi connectivity index (χ1v) is 11.2. The van der Waals surface area contributed by atoms with E-state index < -0.39 is 0 Å². The van der Waals surface area contributed by atoms with Crippen molar-refractivity contribution in [2.75, 3.05) is 0 Å². The van der Waals surface area contributed by atoms with E-state index in [4.69, 9.17) is 0 Å². The van der Waals surface area contributed by atoms with E-state index in [2.05, 4.69) is 63.2 Å². The number of benzene rings is 1. The quantitative estimate of drug-likeness (QED) is 0.639. The van der Waals surface area contributed by atoms with Crippen LogP contribution in [0.3, 0.4) is 0 Å². The van der Waals surface area contributed by atoms with Crippen molar-refractivity contribution in [1.82, 2.24) is 15.2 Å². The van der Waals surface area contributed by atoms with Gasteiger partial charge in [-0.3, -0.25) is 9.69 Å². The maximum Gasteiger partial charge on any atom is 0.228 e. The number of carbonyl (C=O) groups is 1. The number of amides is 1. The lowest BCUT2D eigenvalue weighted by atomic mass is 9.71. The fraction of sp³-hybridized carbons (Fsp3) is 0.435. The summed E-state index contributed by atoms with van der Waals surface area (Å²) < 4.78 is 0. The van der Waals surface area contributed by atoms with Crippen molar-refractivity contribution >= 4 is 28.1 Å². The van der Waals surface area contributed by atoms with Gasteiger partial charge in [-0.2, -0.15) is 11.3 Å². The molecule has 3 atom stereocenters. The van der Waals surface area contributed by atoms with Crippen molar-refractivity contribution in [2.45, 2.75) is 57.8 Å². The Morgan fingerprint density at radius 1 is 1.29 bits per heavy atom. The minimum Gasteiger partial charge on any atom is -0.361 e. The predicted molar refractivity (Wildman–Crippen MR) is 114 cm³/mol. The topological polar surface area (TPSA) is 48.1 Å². The van der Waals surface area contributed by atoms with Gasteiger partial charge in [0.2, 0.25) is 5.91 Å². The van der Waals surface area contributed by atoms with Gasteiger partial charge in [-0.05, 0) is 77.2 Å². The van der Waals surface area contributed by atoms with Crippen molar-refractivity contribution in [1.29, 1.82) is 0 Å². The maximum absolute atomic E-state index is 13.3. The molecule has 0 radical (unpaired) electrons. The summed E-state index contributed by atoms with van der Waals surface area (Å²) >= 11 is 1.68. The van der Waals surface area contributed by atoms with E-state index in [1.807, 2.05) is 6.20 Å². The van der Waals surface area contributed by atoms with Crippen molar-refractivity contribution in [3.05, 3.63) is 58.4 Å². The molecule has 3 aromatic rings. The first kappa shape index (κ1) is 18.0. The van der Waals surface area contributed by atoms with Gasteiger partial charge >= 0.3 is 0 Å². The molecule has 1 amide bonds. The maximum atomic E-state index is 13.3. The lowest BCUT2D eigenvalue weighted by Gasteiger charge is -2.35. The summed E-state index contributed by atoms with van der Waals surface area (Å²) in [6, 6.07) is 11.8. The van der Waals surface area contributed by atoms with Gasteiger partial charge in [-0.25, -0.2) is 0 Å². The SMILES string of the molecule is CC[C@@]1(C(=O)NCc2ccsc2)C[C@@H]2CC[C@H]1N2Cc1ccc2[nH]ccc2c1. The molecule has 0 unspecified atom stereocenters. The van der Waals surface area contributed by atoms with Crippen LogP contribution in [-0.2, 0) is 17.9 Å². The summed E-state index contributed by atoms with van der Waals surface area (Å²) in [5, 5.41) is 8.69. The zero-order valence-corrected chi connectivity index (χ0v) is 17.1. The van der Waals surface area contributed by atoms with Crippen LogP contribution in [0.1, 0.15) is 43.7 Å². The largest absolute Gasteiger partial charge is 0.361 e. The molecule has 4 heterocycles. The molecule has 2 aliphatic rings. The number of aromatic amines is 1. The molecule has 1 aromatic carbocycles. The summed E-state index contributed by atoms with van der Waals surface area (Å²) in [6.45, 7) is 3.77. The molecule has 0 spiro atoms. The van der Waals surface area contributed by atoms with Crippen LogP contribution >= 0.6 is 11.3 Å². The van der Waals surface area contributed by atoms with Crippen LogP contribution in [0.5, 0.6) is 0 Å². The Morgan fingerprint density at radius 2 is 2.21 bits per heavy atom. The number of H-pyrrole nitrogens is 1. The lowest BCUT2D eigenvalue weighted by molar-refractivity contribution is -0.133. The summed E-state index contributed by atoms with van der Waals surface area (Å²) in [6.07, 6.45) is 6.26. The number of hydrogen-bond acceptors (Lipinski definition) is 3. The minimum atomic E-state index is -0.239. The van der Waals surface area contributed by atoms with Crippen molar-refractivity contribution in [3.63, 3.8) is 0 Å². The number of nitrogens with one attached hydrogen (secondary N) is 2. The van der Waals surface area contributed by atoms with Gasteiger partial charge in [0.05, 0.1) is 5.41 Å². The molecular formula is C23H27N3OS. The average Bonchev–Trinajstić information content (AvgIpc) is 3.50. The minimum absolute atomic E-state index is 0.239. The Kier molecular flexibility index (Phi) is 4.52. The zero-order valence-electron chi connectivity index (χ0n) is 16.3. The molecule has 28 heavy (non-hydrogen) atoms. The van der Waals surface area contributed by atoms with Crippen LogP contribution < -0.4 is 5.32 Å². The number of aromatic nitrogens is 1. The van der Waals surface area contributed by atoms with E-state index >= 15 is 0 Å². The van der Waals surface area contributed by atoms with Crippen LogP contribution in [-0.4, -0.2) is 27.9 Å². The smallest absolute Gasteiger partial charge is 0.228 e. The van der Waals surface area contributed by atoms with Gasteiger partial charge in [0.1, 0.15) is 0 Å². The summed E-state index contributed by atoms with van der Waals surface area (Å²) in [5.74, 6) is 0.250. The normalized spacial score (nSPS) is 26.9. The van der Waals surface area contributed by atoms with Gasteiger partial charge in [-0.1, -0.05) is 13.0 Å². The fourth-order valence-corrected chi connectivity index (χ4v) is 6.16. The molecule has 4 nitrogen and oxygen atoms in total. The highest BCUT2D eigenvalue weighted by Gasteiger charge is 2.58. The van der Waals surface area contributed by atoms with Crippen molar-refractivity contribution in [2.24, 2.45) is 5.41 Å². The molecule has 146 valence electrons. The third-order valence-electron chi connectivity index (χ3n) is 6.98. The zero-order chi connectivity index (χ0) is 19.1. The molecule has 5 rings (SSSR count). The number of carbonyl (C=O) groups excluding carboxylic acids is 1. The van der Waals surface area contributed by atoms with E-state index in [1.165, 1.54) is 28.5 Å². The molecule has 2 aromatic heterocycles. The molecule has 2 N–H and O–H groups in total. The second-order valence-corrected chi connectivity index (χ2v) is 9.13. The van der Waals surface area contributed by atoms with E-state index in [0.29, 0.717) is 18.6 Å². The number of rotatable bonds is 6. The third-order valence-corrected chi connectivity index (χ3v) is 7.71. The predicted octanol–water partition coefficient (Wildman–Crippen LogP) is 4.68. The summed E-state index contributed by atoms with van der Waals surface area (Å²) in [5.41, 5.74) is 3.49.